The zero-order chi connectivity index (χ0) is 24.0. The van der Waals surface area contributed by atoms with Gasteiger partial charge in [0.05, 0.1) is 23.7 Å². The summed E-state index contributed by atoms with van der Waals surface area (Å²) >= 11 is 0. The van der Waals surface area contributed by atoms with Crippen molar-refractivity contribution in [2.24, 2.45) is 11.8 Å². The molecule has 2 aliphatic carbocycles. The highest BCUT2D eigenvalue weighted by Gasteiger charge is 2.49. The minimum absolute atomic E-state index is 0.0481. The molecule has 34 heavy (non-hydrogen) atoms. The number of ketones is 1. The molecule has 7 heteroatoms. The van der Waals surface area contributed by atoms with Gasteiger partial charge in [0.25, 0.3) is 0 Å². The molecule has 0 fully saturated rings. The summed E-state index contributed by atoms with van der Waals surface area (Å²) < 4.78 is 28.3. The maximum Gasteiger partial charge on any atom is 0.226 e. The minimum atomic E-state index is -0.727. The predicted octanol–water partition coefficient (Wildman–Crippen LogP) is 5.66. The summed E-state index contributed by atoms with van der Waals surface area (Å²) in [6, 6.07) is 9.74. The normalized spacial score (nSPS) is 23.5. The van der Waals surface area contributed by atoms with E-state index in [1.807, 2.05) is 13.8 Å². The number of aromatic nitrogens is 3. The van der Waals surface area contributed by atoms with Gasteiger partial charge in [-0.15, -0.1) is 0 Å². The first kappa shape index (κ1) is 22.0. The third-order valence-electron chi connectivity index (χ3n) is 7.16. The number of hydrogen-bond acceptors (Lipinski definition) is 4. The zero-order valence-electron chi connectivity index (χ0n) is 18.8. The van der Waals surface area contributed by atoms with Crippen molar-refractivity contribution in [2.75, 3.05) is 0 Å². The van der Waals surface area contributed by atoms with Crippen LogP contribution in [-0.2, 0) is 23.3 Å². The SMILES string of the molecule is [C-]#[N+]C1=C[C@@]2(C)c3nc(-c4ccnc(CF)c4)nc(-c4ccccc4F)c3CC[C@@H]2[C@@H](C)C1=O. The van der Waals surface area contributed by atoms with Crippen LogP contribution in [0.2, 0.25) is 0 Å². The third-order valence-corrected chi connectivity index (χ3v) is 7.16. The molecule has 2 heterocycles. The molecular weight excluding hydrogens is 434 g/mol. The fourth-order valence-electron chi connectivity index (χ4n) is 5.44. The van der Waals surface area contributed by atoms with Crippen molar-refractivity contribution in [3.8, 4) is 22.6 Å². The molecule has 1 aromatic carbocycles. The number of rotatable bonds is 3. The van der Waals surface area contributed by atoms with Crippen LogP contribution < -0.4 is 0 Å². The Labute approximate surface area is 196 Å². The van der Waals surface area contributed by atoms with E-state index >= 15 is 0 Å². The lowest BCUT2D eigenvalue weighted by molar-refractivity contribution is -0.121. The molecule has 0 radical (unpaired) electrons. The molecule has 0 N–H and O–H groups in total. The molecular formula is C27H22F2N4O. The number of benzene rings is 1. The van der Waals surface area contributed by atoms with Crippen molar-refractivity contribution < 1.29 is 13.6 Å². The van der Waals surface area contributed by atoms with Gasteiger partial charge in [-0.05, 0) is 43.0 Å². The summed E-state index contributed by atoms with van der Waals surface area (Å²) in [6.45, 7) is 10.7. The lowest BCUT2D eigenvalue weighted by Gasteiger charge is -2.46. The van der Waals surface area contributed by atoms with Crippen molar-refractivity contribution in [2.45, 2.75) is 38.8 Å². The molecule has 0 aliphatic heterocycles. The van der Waals surface area contributed by atoms with Crippen LogP contribution in [0.4, 0.5) is 8.78 Å². The average molecular weight is 456 g/mol. The van der Waals surface area contributed by atoms with Crippen molar-refractivity contribution in [3.05, 3.63) is 88.6 Å². The Balaban J connectivity index is 1.83. The standard InChI is InChI=1S/C27H22F2N4O/c1-15-20-9-8-19-23(18-6-4-5-7-21(18)29)32-26(16-10-11-31-17(12-16)14-28)33-25(19)27(20,2)13-22(30-3)24(15)34/h4-7,10-13,15,20H,8-9,14H2,1-2H3/t15-,20-,27-/m1/s1. The molecule has 0 amide bonds. The van der Waals surface area contributed by atoms with E-state index in [9.17, 15) is 13.6 Å². The number of fused-ring (bicyclic) bond motifs is 3. The molecule has 3 atom stereocenters. The minimum Gasteiger partial charge on any atom is -0.308 e. The maximum atomic E-state index is 14.9. The second-order valence-electron chi connectivity index (χ2n) is 9.09. The lowest BCUT2D eigenvalue weighted by atomic mass is 9.58. The number of Topliss-reactive ketones (excluding diaryl/α,β-unsaturated/α-hetero) is 1. The quantitative estimate of drug-likeness (QED) is 0.478. The molecule has 0 saturated carbocycles. The van der Waals surface area contributed by atoms with Gasteiger partial charge >= 0.3 is 0 Å². The number of alkyl halides is 1. The number of allylic oxidation sites excluding steroid dienone is 2. The Kier molecular flexibility index (Phi) is 5.32. The van der Waals surface area contributed by atoms with E-state index in [0.29, 0.717) is 41.2 Å². The molecule has 0 spiro atoms. The highest BCUT2D eigenvalue weighted by Crippen LogP contribution is 2.51. The highest BCUT2D eigenvalue weighted by molar-refractivity contribution is 6.00. The van der Waals surface area contributed by atoms with E-state index in [-0.39, 0.29) is 29.0 Å². The van der Waals surface area contributed by atoms with Crippen LogP contribution in [0.3, 0.4) is 0 Å². The van der Waals surface area contributed by atoms with Crippen LogP contribution in [0, 0.1) is 24.2 Å². The van der Waals surface area contributed by atoms with Crippen LogP contribution in [0.1, 0.15) is 37.2 Å². The van der Waals surface area contributed by atoms with E-state index in [2.05, 4.69) is 9.83 Å². The van der Waals surface area contributed by atoms with Crippen molar-refractivity contribution in [1.82, 2.24) is 15.0 Å². The van der Waals surface area contributed by atoms with Gasteiger partial charge in [0.15, 0.2) is 11.6 Å². The van der Waals surface area contributed by atoms with E-state index < -0.39 is 17.9 Å². The Morgan fingerprint density at radius 1 is 1.24 bits per heavy atom. The van der Waals surface area contributed by atoms with Gasteiger partial charge in [0.2, 0.25) is 5.70 Å². The number of pyridine rings is 1. The van der Waals surface area contributed by atoms with Gasteiger partial charge in [-0.1, -0.05) is 32.1 Å². The van der Waals surface area contributed by atoms with Crippen LogP contribution >= 0.6 is 0 Å². The first-order valence-corrected chi connectivity index (χ1v) is 11.2. The summed E-state index contributed by atoms with van der Waals surface area (Å²) in [5, 5.41) is 0. The molecule has 3 aromatic rings. The average Bonchev–Trinajstić information content (AvgIpc) is 2.86. The fraction of sp³-hybridized carbons (Fsp3) is 0.296. The maximum absolute atomic E-state index is 14.9. The van der Waals surface area contributed by atoms with E-state index in [1.165, 1.54) is 12.3 Å². The molecule has 0 unspecified atom stereocenters. The molecule has 0 bridgehead atoms. The number of carbonyl (C=O) groups is 1. The Morgan fingerprint density at radius 2 is 2.03 bits per heavy atom. The zero-order valence-corrected chi connectivity index (χ0v) is 18.8. The van der Waals surface area contributed by atoms with Gasteiger partial charge in [-0.25, -0.2) is 23.6 Å². The second-order valence-corrected chi connectivity index (χ2v) is 9.09. The van der Waals surface area contributed by atoms with Gasteiger partial charge in [0.1, 0.15) is 12.5 Å². The molecule has 5 rings (SSSR count). The smallest absolute Gasteiger partial charge is 0.226 e. The number of hydrogen-bond donors (Lipinski definition) is 0. The van der Waals surface area contributed by atoms with Crippen LogP contribution in [0.25, 0.3) is 27.5 Å². The molecule has 2 aliphatic rings. The van der Waals surface area contributed by atoms with Gasteiger partial charge in [0, 0.05) is 34.2 Å². The molecule has 2 aromatic heterocycles. The van der Waals surface area contributed by atoms with Crippen LogP contribution in [0.15, 0.2) is 54.4 Å². The van der Waals surface area contributed by atoms with Crippen molar-refractivity contribution in [1.29, 1.82) is 0 Å². The van der Waals surface area contributed by atoms with Gasteiger partial charge < -0.3 is 4.79 Å². The number of nitrogens with zero attached hydrogens (tertiary/aromatic N) is 4. The van der Waals surface area contributed by atoms with E-state index in [4.69, 9.17) is 16.5 Å². The first-order chi connectivity index (χ1) is 16.4. The largest absolute Gasteiger partial charge is 0.308 e. The summed E-state index contributed by atoms with van der Waals surface area (Å²) in [5.41, 5.74) is 2.58. The van der Waals surface area contributed by atoms with Crippen molar-refractivity contribution >= 4 is 5.78 Å². The second kappa shape index (κ2) is 8.21. The lowest BCUT2D eigenvalue weighted by Crippen LogP contribution is -2.46. The Bertz CT molecular complexity index is 1390. The molecule has 0 saturated heterocycles. The molecule has 5 nitrogen and oxygen atoms in total. The monoisotopic (exact) mass is 456 g/mol. The van der Waals surface area contributed by atoms with E-state index in [0.717, 1.165) is 5.56 Å². The number of halogens is 2. The highest BCUT2D eigenvalue weighted by atomic mass is 19.1. The Hall–Kier alpha value is -3.79. The Morgan fingerprint density at radius 3 is 2.76 bits per heavy atom. The fourth-order valence-corrected chi connectivity index (χ4v) is 5.44. The van der Waals surface area contributed by atoms with Crippen LogP contribution in [0.5, 0.6) is 0 Å². The molecule has 170 valence electrons. The predicted molar refractivity (Wildman–Crippen MR) is 123 cm³/mol. The third kappa shape index (κ3) is 3.33. The van der Waals surface area contributed by atoms with E-state index in [1.54, 1.807) is 36.4 Å². The summed E-state index contributed by atoms with van der Waals surface area (Å²) in [7, 11) is 0. The first-order valence-electron chi connectivity index (χ1n) is 11.2. The van der Waals surface area contributed by atoms with Gasteiger partial charge in [-0.3, -0.25) is 4.98 Å². The number of carbonyl (C=O) groups excluding carboxylic acids is 1. The van der Waals surface area contributed by atoms with Crippen LogP contribution in [-0.4, -0.2) is 20.7 Å². The van der Waals surface area contributed by atoms with Gasteiger partial charge in [-0.2, -0.15) is 0 Å². The van der Waals surface area contributed by atoms with Crippen molar-refractivity contribution in [3.63, 3.8) is 0 Å². The summed E-state index contributed by atoms with van der Waals surface area (Å²) in [4.78, 5) is 29.9. The topological polar surface area (TPSA) is 60.1 Å². The summed E-state index contributed by atoms with van der Waals surface area (Å²) in [6.07, 6.45) is 4.51. The summed E-state index contributed by atoms with van der Waals surface area (Å²) in [5.74, 6) is -0.593.